The number of aromatic amines is 1. The number of imidazole rings is 1. The topological polar surface area (TPSA) is 117 Å². The summed E-state index contributed by atoms with van der Waals surface area (Å²) in [5.41, 5.74) is 0.0500. The maximum atomic E-state index is 14.7. The van der Waals surface area contributed by atoms with E-state index in [1.807, 2.05) is 0 Å². The molecule has 0 amide bonds. The zero-order valence-corrected chi connectivity index (χ0v) is 13.7. The number of aryl methyl sites for hydroxylation is 1. The van der Waals surface area contributed by atoms with E-state index >= 15 is 0 Å². The van der Waals surface area contributed by atoms with E-state index in [1.165, 1.54) is 35.3 Å². The Morgan fingerprint density at radius 3 is 2.88 bits per heavy atom. The molecular weight excluding hydrogens is 351 g/mol. The second-order valence-corrected chi connectivity index (χ2v) is 6.84. The number of hydrogen-bond donors (Lipinski definition) is 3. The van der Waals surface area contributed by atoms with Gasteiger partial charge in [0.05, 0.1) is 17.5 Å². The van der Waals surface area contributed by atoms with Crippen molar-refractivity contribution < 1.29 is 22.7 Å². The second kappa shape index (κ2) is 6.06. The van der Waals surface area contributed by atoms with Gasteiger partial charge in [-0.25, -0.2) is 14.2 Å². The molecule has 0 unspecified atom stereocenters. The molecule has 2 heterocycles. The molecule has 3 N–H and O–H groups in total. The molecule has 0 atom stereocenters. The van der Waals surface area contributed by atoms with Gasteiger partial charge in [0.2, 0.25) is 0 Å². The van der Waals surface area contributed by atoms with Gasteiger partial charge in [0.15, 0.2) is 10.8 Å². The first kappa shape index (κ1) is 16.7. The second-order valence-electron chi connectivity index (χ2n) is 5.19. The van der Waals surface area contributed by atoms with Crippen molar-refractivity contribution in [3.63, 3.8) is 0 Å². The molecule has 0 saturated heterocycles. The van der Waals surface area contributed by atoms with Gasteiger partial charge in [-0.1, -0.05) is 0 Å². The Labute approximate surface area is 141 Å². The van der Waals surface area contributed by atoms with Crippen molar-refractivity contribution in [1.29, 1.82) is 0 Å². The average Bonchev–Trinajstić information content (AvgIpc) is 3.17. The average molecular weight is 364 g/mol. The third-order valence-corrected chi connectivity index (χ3v) is 4.82. The third kappa shape index (κ3) is 3.11. The van der Waals surface area contributed by atoms with E-state index in [2.05, 4.69) is 14.7 Å². The minimum atomic E-state index is -4.00. The number of aromatic nitrogens is 3. The van der Waals surface area contributed by atoms with Crippen LogP contribution < -0.4 is 4.72 Å². The maximum absolute atomic E-state index is 14.7. The zero-order chi connectivity index (χ0) is 18.2. The van der Waals surface area contributed by atoms with E-state index < -0.39 is 21.8 Å². The summed E-state index contributed by atoms with van der Waals surface area (Å²) in [6.07, 6.45) is 4.52. The van der Waals surface area contributed by atoms with Crippen molar-refractivity contribution in [2.24, 2.45) is 7.05 Å². The quantitative estimate of drug-likeness (QED) is 0.598. The van der Waals surface area contributed by atoms with Crippen LogP contribution in [-0.4, -0.2) is 34.0 Å². The Balaban J connectivity index is 2.19. The van der Waals surface area contributed by atoms with Crippen molar-refractivity contribution in [2.45, 2.75) is 5.03 Å². The van der Waals surface area contributed by atoms with E-state index in [0.717, 1.165) is 12.2 Å². The van der Waals surface area contributed by atoms with Gasteiger partial charge < -0.3 is 14.7 Å². The lowest BCUT2D eigenvalue weighted by Crippen LogP contribution is -2.14. The van der Waals surface area contributed by atoms with Gasteiger partial charge in [0, 0.05) is 24.9 Å². The first-order chi connectivity index (χ1) is 11.8. The monoisotopic (exact) mass is 364 g/mol. The molecule has 8 nitrogen and oxygen atoms in total. The molecule has 130 valence electrons. The number of benzene rings is 1. The van der Waals surface area contributed by atoms with E-state index in [-0.39, 0.29) is 21.8 Å². The molecule has 0 aliphatic heterocycles. The minimum absolute atomic E-state index is 0.00959. The number of hydrogen-bond acceptors (Lipinski definition) is 4. The van der Waals surface area contributed by atoms with Crippen LogP contribution in [0, 0.1) is 5.82 Å². The number of rotatable bonds is 5. The van der Waals surface area contributed by atoms with Crippen molar-refractivity contribution in [2.75, 3.05) is 4.72 Å². The summed E-state index contributed by atoms with van der Waals surface area (Å²) in [6.45, 7) is 0. The lowest BCUT2D eigenvalue weighted by atomic mass is 10.1. The largest absolute Gasteiger partial charge is 0.478 e. The smallest absolute Gasteiger partial charge is 0.328 e. The Bertz CT molecular complexity index is 1080. The summed E-state index contributed by atoms with van der Waals surface area (Å²) in [7, 11) is -2.37. The van der Waals surface area contributed by atoms with Crippen molar-refractivity contribution in [3.8, 4) is 0 Å². The predicted octanol–water partition coefficient (Wildman–Crippen LogP) is 1.94. The van der Waals surface area contributed by atoms with Crippen LogP contribution in [0.15, 0.2) is 41.8 Å². The molecular formula is C15H13FN4O4S. The Morgan fingerprint density at radius 1 is 1.48 bits per heavy atom. The molecule has 0 bridgehead atoms. The fourth-order valence-corrected chi connectivity index (χ4v) is 3.37. The molecule has 25 heavy (non-hydrogen) atoms. The molecule has 0 saturated carbocycles. The highest BCUT2D eigenvalue weighted by molar-refractivity contribution is 7.92. The number of H-pyrrole nitrogens is 1. The summed E-state index contributed by atoms with van der Waals surface area (Å²) >= 11 is 0. The minimum Gasteiger partial charge on any atom is -0.478 e. The van der Waals surface area contributed by atoms with Crippen LogP contribution in [0.4, 0.5) is 10.1 Å². The summed E-state index contributed by atoms with van der Waals surface area (Å²) < 4.78 is 43.3. The highest BCUT2D eigenvalue weighted by atomic mass is 32.2. The number of fused-ring (bicyclic) bond motifs is 1. The summed E-state index contributed by atoms with van der Waals surface area (Å²) in [5.74, 6) is -2.11. The number of carbonyl (C=O) groups is 1. The van der Waals surface area contributed by atoms with E-state index in [0.29, 0.717) is 5.52 Å². The van der Waals surface area contributed by atoms with Crippen molar-refractivity contribution in [3.05, 3.63) is 48.2 Å². The molecule has 0 fully saturated rings. The third-order valence-electron chi connectivity index (χ3n) is 3.49. The molecule has 0 aliphatic rings. The molecule has 10 heteroatoms. The van der Waals surface area contributed by atoms with E-state index in [1.54, 1.807) is 7.05 Å². The van der Waals surface area contributed by atoms with Crippen LogP contribution in [0.5, 0.6) is 0 Å². The van der Waals surface area contributed by atoms with Crippen LogP contribution in [0.1, 0.15) is 5.56 Å². The van der Waals surface area contributed by atoms with Crippen LogP contribution in [0.3, 0.4) is 0 Å². The van der Waals surface area contributed by atoms with Crippen LogP contribution in [0.25, 0.3) is 17.1 Å². The van der Waals surface area contributed by atoms with Gasteiger partial charge >= 0.3 is 5.97 Å². The van der Waals surface area contributed by atoms with Gasteiger partial charge in [-0.3, -0.25) is 4.72 Å². The fraction of sp³-hybridized carbons (Fsp3) is 0.0667. The normalized spacial score (nSPS) is 12.1. The molecule has 0 aliphatic carbocycles. The van der Waals surface area contributed by atoms with Gasteiger partial charge in [-0.15, -0.1) is 0 Å². The fourth-order valence-electron chi connectivity index (χ4n) is 2.32. The number of sulfonamides is 1. The van der Waals surface area contributed by atoms with Gasteiger partial charge in [-0.2, -0.15) is 8.42 Å². The van der Waals surface area contributed by atoms with E-state index in [4.69, 9.17) is 5.11 Å². The van der Waals surface area contributed by atoms with E-state index in [9.17, 15) is 17.6 Å². The predicted molar refractivity (Wildman–Crippen MR) is 88.9 cm³/mol. The molecule has 1 aromatic carbocycles. The standard InChI is InChI=1S/C15H13FN4O4S/c1-20-8-18-15-11(20)7-10(9(14(15)16)4-5-13(21)22)19-25(23,24)12-3-2-6-17-12/h2-8,17,19H,1H3,(H,21,22)/b5-4+. The van der Waals surface area contributed by atoms with Gasteiger partial charge in [0.1, 0.15) is 5.52 Å². The lowest BCUT2D eigenvalue weighted by Gasteiger charge is -2.11. The number of nitrogens with one attached hydrogen (secondary N) is 2. The zero-order valence-electron chi connectivity index (χ0n) is 12.9. The van der Waals surface area contributed by atoms with Gasteiger partial charge in [0.25, 0.3) is 10.0 Å². The summed E-state index contributed by atoms with van der Waals surface area (Å²) in [5, 5.41) is 8.68. The maximum Gasteiger partial charge on any atom is 0.328 e. The highest BCUT2D eigenvalue weighted by Gasteiger charge is 2.21. The number of halogens is 1. The van der Waals surface area contributed by atoms with Crippen LogP contribution in [0.2, 0.25) is 0 Å². The molecule has 0 radical (unpaired) electrons. The Hall–Kier alpha value is -3.14. The number of carboxylic acids is 1. The number of anilines is 1. The SMILES string of the molecule is Cn1cnc2c(F)c(/C=C/C(=O)O)c(NS(=O)(=O)c3ccc[nH]3)cc21. The first-order valence-electron chi connectivity index (χ1n) is 7.00. The van der Waals surface area contributed by atoms with Crippen molar-refractivity contribution in [1.82, 2.24) is 14.5 Å². The summed E-state index contributed by atoms with van der Waals surface area (Å²) in [4.78, 5) is 17.2. The van der Waals surface area contributed by atoms with Crippen LogP contribution >= 0.6 is 0 Å². The molecule has 0 spiro atoms. The highest BCUT2D eigenvalue weighted by Crippen LogP contribution is 2.30. The lowest BCUT2D eigenvalue weighted by molar-refractivity contribution is -0.131. The number of aliphatic carboxylic acids is 1. The molecule has 3 aromatic rings. The van der Waals surface area contributed by atoms with Gasteiger partial charge in [-0.05, 0) is 24.3 Å². The number of nitrogens with zero attached hydrogens (tertiary/aromatic N) is 2. The van der Waals surface area contributed by atoms with Crippen LogP contribution in [-0.2, 0) is 21.9 Å². The Kier molecular flexibility index (Phi) is 4.05. The van der Waals surface area contributed by atoms with Crippen molar-refractivity contribution >= 4 is 38.8 Å². The number of carboxylic acid groups (broad SMARTS) is 1. The first-order valence-corrected chi connectivity index (χ1v) is 8.48. The summed E-state index contributed by atoms with van der Waals surface area (Å²) in [6, 6.07) is 4.24. The molecule has 2 aromatic heterocycles. The Morgan fingerprint density at radius 2 is 2.24 bits per heavy atom. The molecule has 3 rings (SSSR count).